The van der Waals surface area contributed by atoms with E-state index in [4.69, 9.17) is 21.4 Å². The van der Waals surface area contributed by atoms with Gasteiger partial charge in [0.05, 0.1) is 17.9 Å². The lowest BCUT2D eigenvalue weighted by Gasteiger charge is -2.07. The SMILES string of the molecule is COc1cc(C(=O)NCCSCC(=O)O)ccc1Cl. The Kier molecular flexibility index (Phi) is 6.52. The second-order valence-electron chi connectivity index (χ2n) is 3.55. The van der Waals surface area contributed by atoms with Gasteiger partial charge in [-0.3, -0.25) is 9.59 Å². The Bertz CT molecular complexity index is 467. The molecule has 2 N–H and O–H groups in total. The minimum absolute atomic E-state index is 0.0324. The van der Waals surface area contributed by atoms with Gasteiger partial charge in [0.25, 0.3) is 5.91 Å². The first kappa shape index (κ1) is 15.7. The number of carboxylic acid groups (broad SMARTS) is 1. The third-order valence-electron chi connectivity index (χ3n) is 2.17. The number of hydrogen-bond acceptors (Lipinski definition) is 4. The van der Waals surface area contributed by atoms with Gasteiger partial charge >= 0.3 is 5.97 Å². The van der Waals surface area contributed by atoms with Crippen LogP contribution in [0.2, 0.25) is 5.02 Å². The molecule has 1 aromatic rings. The van der Waals surface area contributed by atoms with Crippen molar-refractivity contribution >= 4 is 35.2 Å². The number of rotatable bonds is 7. The molecule has 0 spiro atoms. The first-order valence-electron chi connectivity index (χ1n) is 5.46. The second-order valence-corrected chi connectivity index (χ2v) is 5.06. The number of methoxy groups -OCH3 is 1. The number of hydrogen-bond donors (Lipinski definition) is 2. The third kappa shape index (κ3) is 5.40. The number of nitrogens with one attached hydrogen (secondary N) is 1. The lowest BCUT2D eigenvalue weighted by atomic mass is 10.2. The van der Waals surface area contributed by atoms with Crippen molar-refractivity contribution in [3.63, 3.8) is 0 Å². The molecule has 1 aromatic carbocycles. The molecule has 19 heavy (non-hydrogen) atoms. The van der Waals surface area contributed by atoms with E-state index < -0.39 is 5.97 Å². The lowest BCUT2D eigenvalue weighted by Crippen LogP contribution is -2.26. The van der Waals surface area contributed by atoms with Crippen LogP contribution in [-0.4, -0.2) is 42.1 Å². The van der Waals surface area contributed by atoms with Crippen LogP contribution >= 0.6 is 23.4 Å². The van der Waals surface area contributed by atoms with Crippen LogP contribution in [0.3, 0.4) is 0 Å². The highest BCUT2D eigenvalue weighted by molar-refractivity contribution is 7.99. The summed E-state index contributed by atoms with van der Waals surface area (Å²) in [6, 6.07) is 4.75. The van der Waals surface area contributed by atoms with Crippen molar-refractivity contribution in [1.82, 2.24) is 5.32 Å². The van der Waals surface area contributed by atoms with Crippen LogP contribution in [0.15, 0.2) is 18.2 Å². The fourth-order valence-corrected chi connectivity index (χ4v) is 2.06. The van der Waals surface area contributed by atoms with Crippen molar-refractivity contribution in [3.05, 3.63) is 28.8 Å². The molecule has 0 radical (unpaired) electrons. The standard InChI is InChI=1S/C12H14ClNO4S/c1-18-10-6-8(2-3-9(10)13)12(17)14-4-5-19-7-11(15)16/h2-3,6H,4-5,7H2,1H3,(H,14,17)(H,15,16). The summed E-state index contributed by atoms with van der Waals surface area (Å²) in [7, 11) is 1.48. The number of carbonyl (C=O) groups excluding carboxylic acids is 1. The van der Waals surface area contributed by atoms with Crippen LogP contribution in [-0.2, 0) is 4.79 Å². The van der Waals surface area contributed by atoms with Gasteiger partial charge in [-0.1, -0.05) is 11.6 Å². The minimum atomic E-state index is -0.862. The average Bonchev–Trinajstić information content (AvgIpc) is 2.38. The van der Waals surface area contributed by atoms with Gasteiger partial charge in [0.15, 0.2) is 0 Å². The molecule has 5 nitrogen and oxygen atoms in total. The van der Waals surface area contributed by atoms with E-state index >= 15 is 0 Å². The Labute approximate surface area is 120 Å². The summed E-state index contributed by atoms with van der Waals surface area (Å²) >= 11 is 7.11. The maximum Gasteiger partial charge on any atom is 0.313 e. The number of carbonyl (C=O) groups is 2. The van der Waals surface area contributed by atoms with Gasteiger partial charge in [-0.25, -0.2) is 0 Å². The highest BCUT2D eigenvalue weighted by Crippen LogP contribution is 2.24. The molecule has 0 atom stereocenters. The predicted molar refractivity (Wildman–Crippen MR) is 75.3 cm³/mol. The molecule has 0 aliphatic heterocycles. The van der Waals surface area contributed by atoms with Gasteiger partial charge in [-0.2, -0.15) is 0 Å². The van der Waals surface area contributed by atoms with Gasteiger partial charge in [0, 0.05) is 17.9 Å². The number of benzene rings is 1. The highest BCUT2D eigenvalue weighted by Gasteiger charge is 2.08. The zero-order valence-electron chi connectivity index (χ0n) is 10.3. The largest absolute Gasteiger partial charge is 0.495 e. The summed E-state index contributed by atoms with van der Waals surface area (Å²) in [4.78, 5) is 22.1. The van der Waals surface area contributed by atoms with E-state index in [0.29, 0.717) is 28.6 Å². The first-order chi connectivity index (χ1) is 9.04. The lowest BCUT2D eigenvalue weighted by molar-refractivity contribution is -0.133. The van der Waals surface area contributed by atoms with Crippen molar-refractivity contribution in [2.75, 3.05) is 25.2 Å². The minimum Gasteiger partial charge on any atom is -0.495 e. The van der Waals surface area contributed by atoms with Gasteiger partial charge in [0.2, 0.25) is 0 Å². The maximum atomic E-state index is 11.8. The summed E-state index contributed by atoms with van der Waals surface area (Å²) in [5, 5.41) is 11.6. The summed E-state index contributed by atoms with van der Waals surface area (Å²) in [5.41, 5.74) is 0.449. The monoisotopic (exact) mass is 303 g/mol. The Morgan fingerprint density at radius 3 is 2.84 bits per heavy atom. The number of thioether (sulfide) groups is 1. The van der Waals surface area contributed by atoms with Crippen LogP contribution in [0.25, 0.3) is 0 Å². The van der Waals surface area contributed by atoms with E-state index in [-0.39, 0.29) is 11.7 Å². The summed E-state index contributed by atoms with van der Waals surface area (Å²) in [6.45, 7) is 0.404. The van der Waals surface area contributed by atoms with Crippen molar-refractivity contribution in [2.24, 2.45) is 0 Å². The van der Waals surface area contributed by atoms with E-state index in [0.717, 1.165) is 0 Å². The van der Waals surface area contributed by atoms with E-state index in [1.165, 1.54) is 18.9 Å². The molecule has 0 heterocycles. The molecule has 0 aromatic heterocycles. The van der Waals surface area contributed by atoms with Crippen LogP contribution in [0.4, 0.5) is 0 Å². The molecule has 0 bridgehead atoms. The average molecular weight is 304 g/mol. The topological polar surface area (TPSA) is 75.6 Å². The van der Waals surface area contributed by atoms with Crippen LogP contribution in [0, 0.1) is 0 Å². The van der Waals surface area contributed by atoms with E-state index in [1.807, 2.05) is 0 Å². The van der Waals surface area contributed by atoms with Crippen molar-refractivity contribution in [3.8, 4) is 5.75 Å². The Morgan fingerprint density at radius 1 is 1.47 bits per heavy atom. The van der Waals surface area contributed by atoms with E-state index in [2.05, 4.69) is 5.32 Å². The van der Waals surface area contributed by atoms with Crippen LogP contribution in [0.5, 0.6) is 5.75 Å². The summed E-state index contributed by atoms with van der Waals surface area (Å²) in [6.07, 6.45) is 0. The number of amides is 1. The van der Waals surface area contributed by atoms with Gasteiger partial charge in [0.1, 0.15) is 5.75 Å². The predicted octanol–water partition coefficient (Wildman–Crippen LogP) is 1.90. The zero-order chi connectivity index (χ0) is 14.3. The Hall–Kier alpha value is -1.40. The number of ether oxygens (including phenoxy) is 1. The summed E-state index contributed by atoms with van der Waals surface area (Å²) < 4.78 is 5.02. The number of carboxylic acids is 1. The maximum absolute atomic E-state index is 11.8. The van der Waals surface area contributed by atoms with E-state index in [1.54, 1.807) is 18.2 Å². The smallest absolute Gasteiger partial charge is 0.313 e. The molecular weight excluding hydrogens is 290 g/mol. The van der Waals surface area contributed by atoms with Crippen molar-refractivity contribution in [2.45, 2.75) is 0 Å². The number of aliphatic carboxylic acids is 1. The Morgan fingerprint density at radius 2 is 2.21 bits per heavy atom. The molecule has 0 aliphatic rings. The van der Waals surface area contributed by atoms with Crippen LogP contribution in [0.1, 0.15) is 10.4 Å². The molecule has 0 fully saturated rings. The Balaban J connectivity index is 2.43. The molecule has 0 saturated carbocycles. The number of halogens is 1. The molecule has 0 saturated heterocycles. The second kappa shape index (κ2) is 7.91. The molecular formula is C12H14ClNO4S. The summed E-state index contributed by atoms with van der Waals surface area (Å²) in [5.74, 6) is -0.0906. The third-order valence-corrected chi connectivity index (χ3v) is 3.43. The first-order valence-corrected chi connectivity index (χ1v) is 6.99. The highest BCUT2D eigenvalue weighted by atomic mass is 35.5. The quantitative estimate of drug-likeness (QED) is 0.752. The van der Waals surface area contributed by atoms with Gasteiger partial charge in [-0.15, -0.1) is 11.8 Å². The van der Waals surface area contributed by atoms with Crippen molar-refractivity contribution in [1.29, 1.82) is 0 Å². The van der Waals surface area contributed by atoms with Crippen molar-refractivity contribution < 1.29 is 19.4 Å². The molecule has 0 aliphatic carbocycles. The molecule has 7 heteroatoms. The molecule has 0 unspecified atom stereocenters. The molecule has 104 valence electrons. The molecule has 1 amide bonds. The van der Waals surface area contributed by atoms with Crippen LogP contribution < -0.4 is 10.1 Å². The van der Waals surface area contributed by atoms with Gasteiger partial charge < -0.3 is 15.2 Å². The normalized spacial score (nSPS) is 10.0. The van der Waals surface area contributed by atoms with E-state index in [9.17, 15) is 9.59 Å². The molecule has 1 rings (SSSR count). The zero-order valence-corrected chi connectivity index (χ0v) is 11.9. The van der Waals surface area contributed by atoms with Gasteiger partial charge in [-0.05, 0) is 18.2 Å². The fourth-order valence-electron chi connectivity index (χ4n) is 1.30. The fraction of sp³-hybridized carbons (Fsp3) is 0.333.